The molecule has 0 saturated carbocycles. The molecule has 0 aliphatic carbocycles. The van der Waals surface area contributed by atoms with Crippen molar-refractivity contribution in [3.05, 3.63) is 20.8 Å². The summed E-state index contributed by atoms with van der Waals surface area (Å²) in [4.78, 5) is 1.32. The van der Waals surface area contributed by atoms with Gasteiger partial charge < -0.3 is 4.74 Å². The van der Waals surface area contributed by atoms with Gasteiger partial charge in [-0.05, 0) is 27.4 Å². The second kappa shape index (κ2) is 6.37. The van der Waals surface area contributed by atoms with Gasteiger partial charge in [-0.25, -0.2) is 0 Å². The highest BCUT2D eigenvalue weighted by atomic mass is 79.9. The van der Waals surface area contributed by atoms with Gasteiger partial charge in [0, 0.05) is 27.3 Å². The average Bonchev–Trinajstić information content (AvgIpc) is 2.73. The van der Waals surface area contributed by atoms with Gasteiger partial charge in [-0.2, -0.15) is 11.8 Å². The van der Waals surface area contributed by atoms with E-state index in [1.54, 1.807) is 11.3 Å². The highest BCUT2D eigenvalue weighted by molar-refractivity contribution is 9.10. The van der Waals surface area contributed by atoms with E-state index in [0.29, 0.717) is 0 Å². The van der Waals surface area contributed by atoms with Crippen LogP contribution < -0.4 is 11.3 Å². The molecule has 1 aromatic heterocycles. The molecule has 16 heavy (non-hydrogen) atoms. The van der Waals surface area contributed by atoms with Crippen molar-refractivity contribution in [1.29, 1.82) is 0 Å². The van der Waals surface area contributed by atoms with Crippen LogP contribution in [0.25, 0.3) is 0 Å². The van der Waals surface area contributed by atoms with Crippen LogP contribution in [0.3, 0.4) is 0 Å². The van der Waals surface area contributed by atoms with Crippen LogP contribution >= 0.6 is 39.0 Å². The first kappa shape index (κ1) is 12.9. The lowest BCUT2D eigenvalue weighted by molar-refractivity contribution is 0.0473. The smallest absolute Gasteiger partial charge is 0.0835 e. The van der Waals surface area contributed by atoms with Gasteiger partial charge in [0.1, 0.15) is 0 Å². The zero-order chi connectivity index (χ0) is 11.4. The summed E-state index contributed by atoms with van der Waals surface area (Å²) in [6, 6.07) is 2.27. The maximum absolute atomic E-state index is 5.75. The van der Waals surface area contributed by atoms with Crippen molar-refractivity contribution >= 4 is 39.0 Å². The second-order valence-corrected chi connectivity index (χ2v) is 6.66. The molecule has 0 aromatic carbocycles. The minimum absolute atomic E-state index is 0.197. The van der Waals surface area contributed by atoms with Crippen molar-refractivity contribution in [1.82, 2.24) is 5.43 Å². The minimum Gasteiger partial charge on any atom is -0.375 e. The van der Waals surface area contributed by atoms with Gasteiger partial charge >= 0.3 is 0 Å². The zero-order valence-electron chi connectivity index (χ0n) is 8.82. The van der Waals surface area contributed by atoms with Gasteiger partial charge in [0.15, 0.2) is 0 Å². The number of hydrogen-bond acceptors (Lipinski definition) is 5. The molecule has 1 aliphatic rings. The van der Waals surface area contributed by atoms with Gasteiger partial charge in [0.2, 0.25) is 0 Å². The lowest BCUT2D eigenvalue weighted by atomic mass is 10.1. The molecule has 0 spiro atoms. The Balaban J connectivity index is 1.97. The van der Waals surface area contributed by atoms with Crippen molar-refractivity contribution in [3.63, 3.8) is 0 Å². The number of halogens is 1. The zero-order valence-corrected chi connectivity index (χ0v) is 12.0. The summed E-state index contributed by atoms with van der Waals surface area (Å²) in [5.74, 6) is 7.74. The Morgan fingerprint density at radius 2 is 2.56 bits per heavy atom. The Morgan fingerprint density at radius 1 is 1.69 bits per heavy atom. The highest BCUT2D eigenvalue weighted by Crippen LogP contribution is 2.26. The largest absolute Gasteiger partial charge is 0.375 e. The molecular weight excluding hydrogens is 308 g/mol. The lowest BCUT2D eigenvalue weighted by Gasteiger charge is -2.29. The van der Waals surface area contributed by atoms with Crippen LogP contribution in [0.15, 0.2) is 15.9 Å². The van der Waals surface area contributed by atoms with Crippen LogP contribution in [-0.4, -0.2) is 30.3 Å². The third-order valence-electron chi connectivity index (χ3n) is 2.60. The van der Waals surface area contributed by atoms with Crippen molar-refractivity contribution in [2.75, 3.05) is 18.1 Å². The molecule has 1 saturated heterocycles. The fourth-order valence-electron chi connectivity index (χ4n) is 1.71. The molecule has 1 aromatic rings. The molecule has 1 fully saturated rings. The van der Waals surface area contributed by atoms with E-state index in [1.807, 2.05) is 11.8 Å². The molecule has 90 valence electrons. The quantitative estimate of drug-likeness (QED) is 0.657. The summed E-state index contributed by atoms with van der Waals surface area (Å²) >= 11 is 7.23. The fraction of sp³-hybridized carbons (Fsp3) is 0.600. The van der Waals surface area contributed by atoms with Gasteiger partial charge in [-0.15, -0.1) is 11.3 Å². The maximum Gasteiger partial charge on any atom is 0.0835 e. The number of ether oxygens (including phenoxy) is 1. The summed E-state index contributed by atoms with van der Waals surface area (Å²) < 4.78 is 6.91. The summed E-state index contributed by atoms with van der Waals surface area (Å²) in [5, 5.41) is 2.09. The first-order chi connectivity index (χ1) is 7.81. The molecule has 3 N–H and O–H groups in total. The summed E-state index contributed by atoms with van der Waals surface area (Å²) in [6.45, 7) is 0.832. The molecule has 2 heterocycles. The van der Waals surface area contributed by atoms with Crippen LogP contribution in [0.1, 0.15) is 4.88 Å². The molecule has 0 amide bonds. The molecule has 2 atom stereocenters. The molecule has 1 aliphatic heterocycles. The first-order valence-electron chi connectivity index (χ1n) is 5.18. The van der Waals surface area contributed by atoms with Crippen LogP contribution in [-0.2, 0) is 11.2 Å². The van der Waals surface area contributed by atoms with E-state index in [1.165, 1.54) is 9.35 Å². The van der Waals surface area contributed by atoms with Crippen LogP contribution in [0, 0.1) is 0 Å². The van der Waals surface area contributed by atoms with E-state index in [2.05, 4.69) is 32.8 Å². The summed E-state index contributed by atoms with van der Waals surface area (Å²) in [7, 11) is 0. The van der Waals surface area contributed by atoms with E-state index in [-0.39, 0.29) is 12.1 Å². The maximum atomic E-state index is 5.75. The van der Waals surface area contributed by atoms with Gasteiger partial charge in [-0.1, -0.05) is 0 Å². The Labute approximate surface area is 112 Å². The number of nitrogens with two attached hydrogens (primary N) is 1. The van der Waals surface area contributed by atoms with Gasteiger partial charge in [0.05, 0.1) is 18.8 Å². The van der Waals surface area contributed by atoms with Crippen molar-refractivity contribution < 1.29 is 4.74 Å². The standard InChI is InChI=1S/C10H15BrN2OS2/c11-7-1-3-16-10(7)5-8(13-12)9-6-15-4-2-14-9/h1,3,8-9,13H,2,4-6,12H2. The fourth-order valence-corrected chi connectivity index (χ4v) is 4.22. The molecule has 2 rings (SSSR count). The SMILES string of the molecule is NNC(Cc1sccc1Br)C1CSCCO1. The number of thioether (sulfide) groups is 1. The monoisotopic (exact) mass is 322 g/mol. The van der Waals surface area contributed by atoms with E-state index in [4.69, 9.17) is 10.6 Å². The van der Waals surface area contributed by atoms with Crippen molar-refractivity contribution in [2.45, 2.75) is 18.6 Å². The average molecular weight is 323 g/mol. The Kier molecular flexibility index (Phi) is 5.12. The van der Waals surface area contributed by atoms with Crippen LogP contribution in [0.2, 0.25) is 0 Å². The molecule has 2 unspecified atom stereocenters. The molecule has 3 nitrogen and oxygen atoms in total. The number of rotatable bonds is 4. The van der Waals surface area contributed by atoms with E-state index >= 15 is 0 Å². The second-order valence-electron chi connectivity index (χ2n) is 3.65. The number of thiophene rings is 1. The number of hydrazine groups is 1. The van der Waals surface area contributed by atoms with E-state index < -0.39 is 0 Å². The van der Waals surface area contributed by atoms with E-state index in [0.717, 1.165) is 24.5 Å². The topological polar surface area (TPSA) is 47.3 Å². The lowest BCUT2D eigenvalue weighted by Crippen LogP contribution is -2.49. The summed E-state index contributed by atoms with van der Waals surface area (Å²) in [5.41, 5.74) is 2.88. The number of hydrogen-bond donors (Lipinski definition) is 2. The first-order valence-corrected chi connectivity index (χ1v) is 8.01. The summed E-state index contributed by atoms with van der Waals surface area (Å²) in [6.07, 6.45) is 1.14. The molecule has 0 radical (unpaired) electrons. The third-order valence-corrected chi connectivity index (χ3v) is 5.57. The molecular formula is C10H15BrN2OS2. The van der Waals surface area contributed by atoms with Crippen LogP contribution in [0.5, 0.6) is 0 Å². The minimum atomic E-state index is 0.197. The van der Waals surface area contributed by atoms with Crippen LogP contribution in [0.4, 0.5) is 0 Å². The third kappa shape index (κ3) is 3.21. The highest BCUT2D eigenvalue weighted by Gasteiger charge is 2.25. The predicted molar refractivity (Wildman–Crippen MR) is 73.9 cm³/mol. The number of nitrogens with one attached hydrogen (secondary N) is 1. The Bertz CT molecular complexity index is 328. The van der Waals surface area contributed by atoms with Gasteiger partial charge in [0.25, 0.3) is 0 Å². The Morgan fingerprint density at radius 3 is 3.12 bits per heavy atom. The van der Waals surface area contributed by atoms with Crippen molar-refractivity contribution in [3.8, 4) is 0 Å². The van der Waals surface area contributed by atoms with Gasteiger partial charge in [-0.3, -0.25) is 11.3 Å². The normalized spacial score (nSPS) is 23.2. The predicted octanol–water partition coefficient (Wildman–Crippen LogP) is 2.02. The van der Waals surface area contributed by atoms with E-state index in [9.17, 15) is 0 Å². The van der Waals surface area contributed by atoms with Crippen molar-refractivity contribution in [2.24, 2.45) is 5.84 Å². The Hall–Kier alpha value is 0.410. The molecule has 0 bridgehead atoms. The molecule has 6 heteroatoms.